The largest absolute Gasteiger partial charge is 0.353 e. The van der Waals surface area contributed by atoms with Gasteiger partial charge in [-0.15, -0.1) is 0 Å². The van der Waals surface area contributed by atoms with Gasteiger partial charge < -0.3 is 14.8 Å². The summed E-state index contributed by atoms with van der Waals surface area (Å²) in [6, 6.07) is 7.34. The molecule has 1 atom stereocenters. The predicted molar refractivity (Wildman–Crippen MR) is 78.5 cm³/mol. The van der Waals surface area contributed by atoms with Gasteiger partial charge in [0.15, 0.2) is 0 Å². The smallest absolute Gasteiger partial charge is 0.243 e. The van der Waals surface area contributed by atoms with Gasteiger partial charge in [0.1, 0.15) is 12.6 Å². The number of carbonyl (C=O) groups excluding carboxylic acids is 2. The van der Waals surface area contributed by atoms with E-state index in [1.165, 1.54) is 0 Å². The number of nitrogens with zero attached hydrogens (tertiary/aromatic N) is 3. The molecule has 3 rings (SSSR count). The molecule has 110 valence electrons. The fourth-order valence-electron chi connectivity index (χ4n) is 2.79. The molecule has 2 amide bonds. The molecule has 0 spiro atoms. The Morgan fingerprint density at radius 3 is 3.05 bits per heavy atom. The summed E-state index contributed by atoms with van der Waals surface area (Å²) in [6.07, 6.45) is 2.30. The van der Waals surface area contributed by atoms with Gasteiger partial charge in [-0.3, -0.25) is 9.59 Å². The molecule has 1 aliphatic heterocycles. The van der Waals surface area contributed by atoms with Gasteiger partial charge in [-0.2, -0.15) is 0 Å². The second kappa shape index (κ2) is 5.55. The first kappa shape index (κ1) is 13.6. The first-order valence-corrected chi connectivity index (χ1v) is 7.17. The number of amides is 2. The molecule has 1 unspecified atom stereocenters. The van der Waals surface area contributed by atoms with Crippen LogP contribution in [0.1, 0.15) is 13.3 Å². The van der Waals surface area contributed by atoms with Crippen LogP contribution >= 0.6 is 0 Å². The van der Waals surface area contributed by atoms with Crippen LogP contribution < -0.4 is 5.32 Å². The molecule has 2 heterocycles. The third-order valence-corrected chi connectivity index (χ3v) is 3.87. The minimum Gasteiger partial charge on any atom is -0.353 e. The number of hydrogen-bond acceptors (Lipinski definition) is 3. The van der Waals surface area contributed by atoms with Crippen molar-refractivity contribution in [1.29, 1.82) is 0 Å². The number of carbonyl (C=O) groups is 2. The van der Waals surface area contributed by atoms with E-state index in [1.807, 2.05) is 35.8 Å². The zero-order valence-electron chi connectivity index (χ0n) is 12.0. The Kier molecular flexibility index (Phi) is 3.60. The average molecular weight is 286 g/mol. The number of rotatable bonds is 3. The molecule has 2 aromatic rings. The van der Waals surface area contributed by atoms with E-state index in [9.17, 15) is 9.59 Å². The molecule has 0 bridgehead atoms. The molecule has 1 fully saturated rings. The SMILES string of the molecule is CCC1C(=O)NCCN1C(=O)Cn1cnc2ccccc21. The van der Waals surface area contributed by atoms with E-state index in [-0.39, 0.29) is 24.4 Å². The lowest BCUT2D eigenvalue weighted by Gasteiger charge is -2.34. The molecule has 1 saturated heterocycles. The van der Waals surface area contributed by atoms with Crippen molar-refractivity contribution >= 4 is 22.8 Å². The molecule has 6 heteroatoms. The number of benzene rings is 1. The van der Waals surface area contributed by atoms with Gasteiger partial charge in [-0.1, -0.05) is 19.1 Å². The van der Waals surface area contributed by atoms with Crippen molar-refractivity contribution in [3.05, 3.63) is 30.6 Å². The number of fused-ring (bicyclic) bond motifs is 1. The topological polar surface area (TPSA) is 67.2 Å². The molecule has 0 saturated carbocycles. The van der Waals surface area contributed by atoms with E-state index in [2.05, 4.69) is 10.3 Å². The van der Waals surface area contributed by atoms with Crippen LogP contribution in [0.5, 0.6) is 0 Å². The minimum atomic E-state index is -0.360. The lowest BCUT2D eigenvalue weighted by molar-refractivity contribution is -0.143. The first-order valence-electron chi connectivity index (χ1n) is 7.17. The Labute approximate surface area is 122 Å². The van der Waals surface area contributed by atoms with Gasteiger partial charge in [0.05, 0.1) is 17.4 Å². The highest BCUT2D eigenvalue weighted by Gasteiger charge is 2.31. The second-order valence-corrected chi connectivity index (χ2v) is 5.16. The number of piperazine rings is 1. The lowest BCUT2D eigenvalue weighted by atomic mass is 10.1. The summed E-state index contributed by atoms with van der Waals surface area (Å²) in [4.78, 5) is 30.3. The van der Waals surface area contributed by atoms with Crippen LogP contribution in [0.15, 0.2) is 30.6 Å². The highest BCUT2D eigenvalue weighted by Crippen LogP contribution is 2.14. The van der Waals surface area contributed by atoms with Crippen LogP contribution in [0.2, 0.25) is 0 Å². The van der Waals surface area contributed by atoms with Gasteiger partial charge >= 0.3 is 0 Å². The van der Waals surface area contributed by atoms with E-state index in [0.717, 1.165) is 11.0 Å². The molecule has 1 aromatic carbocycles. The van der Waals surface area contributed by atoms with Crippen molar-refractivity contribution in [1.82, 2.24) is 19.8 Å². The maximum absolute atomic E-state index is 12.5. The molecule has 0 aliphatic carbocycles. The van der Waals surface area contributed by atoms with Crippen LogP contribution in [0.25, 0.3) is 11.0 Å². The number of hydrogen-bond donors (Lipinski definition) is 1. The van der Waals surface area contributed by atoms with Crippen molar-refractivity contribution in [3.63, 3.8) is 0 Å². The fraction of sp³-hybridized carbons (Fsp3) is 0.400. The van der Waals surface area contributed by atoms with Crippen molar-refractivity contribution in [3.8, 4) is 0 Å². The summed E-state index contributed by atoms with van der Waals surface area (Å²) in [5.41, 5.74) is 1.80. The summed E-state index contributed by atoms with van der Waals surface area (Å²) in [7, 11) is 0. The normalized spacial score (nSPS) is 18.8. The molecule has 21 heavy (non-hydrogen) atoms. The standard InChI is InChI=1S/C15H18N4O2/c1-2-12-15(21)16-7-8-19(12)14(20)9-18-10-17-11-5-3-4-6-13(11)18/h3-6,10,12H,2,7-9H2,1H3,(H,16,21). The average Bonchev–Trinajstić information content (AvgIpc) is 2.90. The number of para-hydroxylation sites is 2. The Morgan fingerprint density at radius 2 is 2.24 bits per heavy atom. The van der Waals surface area contributed by atoms with Gasteiger partial charge in [0, 0.05) is 13.1 Å². The summed E-state index contributed by atoms with van der Waals surface area (Å²) >= 11 is 0. The van der Waals surface area contributed by atoms with Crippen molar-refractivity contribution in [2.24, 2.45) is 0 Å². The van der Waals surface area contributed by atoms with E-state index < -0.39 is 0 Å². The van der Waals surface area contributed by atoms with Crippen LogP contribution in [0, 0.1) is 0 Å². The summed E-state index contributed by atoms with van der Waals surface area (Å²) < 4.78 is 1.83. The Morgan fingerprint density at radius 1 is 1.43 bits per heavy atom. The number of imidazole rings is 1. The molecule has 6 nitrogen and oxygen atoms in total. The second-order valence-electron chi connectivity index (χ2n) is 5.16. The van der Waals surface area contributed by atoms with Crippen LogP contribution in [-0.2, 0) is 16.1 Å². The van der Waals surface area contributed by atoms with Gasteiger partial charge in [0.25, 0.3) is 0 Å². The maximum atomic E-state index is 12.5. The number of nitrogens with one attached hydrogen (secondary N) is 1. The predicted octanol–water partition coefficient (Wildman–Crippen LogP) is 0.773. The molecular formula is C15H18N4O2. The maximum Gasteiger partial charge on any atom is 0.243 e. The van der Waals surface area contributed by atoms with E-state index in [0.29, 0.717) is 19.5 Å². The zero-order valence-corrected chi connectivity index (χ0v) is 12.0. The Hall–Kier alpha value is -2.37. The van der Waals surface area contributed by atoms with Gasteiger partial charge in [-0.05, 0) is 18.6 Å². The summed E-state index contributed by atoms with van der Waals surface area (Å²) in [6.45, 7) is 3.22. The van der Waals surface area contributed by atoms with E-state index in [4.69, 9.17) is 0 Å². The highest BCUT2D eigenvalue weighted by atomic mass is 16.2. The zero-order chi connectivity index (χ0) is 14.8. The molecular weight excluding hydrogens is 268 g/mol. The summed E-state index contributed by atoms with van der Waals surface area (Å²) in [5.74, 6) is -0.104. The third-order valence-electron chi connectivity index (χ3n) is 3.87. The minimum absolute atomic E-state index is 0.0418. The van der Waals surface area contributed by atoms with Crippen molar-refractivity contribution in [2.75, 3.05) is 13.1 Å². The van der Waals surface area contributed by atoms with Crippen LogP contribution in [-0.4, -0.2) is 45.4 Å². The first-order chi connectivity index (χ1) is 10.2. The van der Waals surface area contributed by atoms with Crippen LogP contribution in [0.4, 0.5) is 0 Å². The van der Waals surface area contributed by atoms with Gasteiger partial charge in [-0.25, -0.2) is 4.98 Å². The van der Waals surface area contributed by atoms with E-state index in [1.54, 1.807) is 11.2 Å². The molecule has 1 N–H and O–H groups in total. The fourth-order valence-corrected chi connectivity index (χ4v) is 2.79. The molecule has 0 radical (unpaired) electrons. The van der Waals surface area contributed by atoms with Gasteiger partial charge in [0.2, 0.25) is 11.8 Å². The molecule has 1 aromatic heterocycles. The Bertz CT molecular complexity index is 679. The van der Waals surface area contributed by atoms with Crippen LogP contribution in [0.3, 0.4) is 0 Å². The quantitative estimate of drug-likeness (QED) is 0.906. The summed E-state index contributed by atoms with van der Waals surface area (Å²) in [5, 5.41) is 2.80. The monoisotopic (exact) mass is 286 g/mol. The van der Waals surface area contributed by atoms with Crippen molar-refractivity contribution < 1.29 is 9.59 Å². The lowest BCUT2D eigenvalue weighted by Crippen LogP contribution is -2.57. The van der Waals surface area contributed by atoms with E-state index >= 15 is 0 Å². The number of aromatic nitrogens is 2. The molecule has 1 aliphatic rings. The third kappa shape index (κ3) is 2.49. The van der Waals surface area contributed by atoms with Crippen molar-refractivity contribution in [2.45, 2.75) is 25.9 Å². The Balaban J connectivity index is 1.81. The highest BCUT2D eigenvalue weighted by molar-refractivity contribution is 5.89.